The van der Waals surface area contributed by atoms with Crippen molar-refractivity contribution in [2.24, 2.45) is 5.41 Å². The van der Waals surface area contributed by atoms with Gasteiger partial charge in [-0.2, -0.15) is 10.5 Å². The van der Waals surface area contributed by atoms with Crippen molar-refractivity contribution in [3.63, 3.8) is 0 Å². The maximum Gasteiger partial charge on any atom is 0.151 e. The van der Waals surface area contributed by atoms with E-state index in [0.29, 0.717) is 45.7 Å². The molecule has 0 aliphatic heterocycles. The van der Waals surface area contributed by atoms with E-state index in [0.717, 1.165) is 12.8 Å². The summed E-state index contributed by atoms with van der Waals surface area (Å²) in [4.78, 5) is 4.19. The first kappa shape index (κ1) is 22.9. The molecular formula is C28H27FN8. The number of nitrogens with one attached hydrogen (secondary N) is 2. The van der Waals surface area contributed by atoms with Crippen LogP contribution in [-0.4, -0.2) is 26.5 Å². The Morgan fingerprint density at radius 2 is 2.03 bits per heavy atom. The van der Waals surface area contributed by atoms with Crippen molar-refractivity contribution in [2.45, 2.75) is 45.7 Å². The number of hydrogen-bond donors (Lipinski definition) is 2. The topological polar surface area (TPSA) is 115 Å². The number of nitrogens with zero attached hydrogens (tertiary/aromatic N) is 6. The maximum atomic E-state index is 15.4. The molecule has 5 rings (SSSR count). The monoisotopic (exact) mass is 495 g/mol. The summed E-state index contributed by atoms with van der Waals surface area (Å²) in [6, 6.07) is 12.5. The standard InChI is InChI=1S/C28H27FN8/c1-28(2,3)16-33-25-19(13-31)14-32-27-22(25)10-20(11-23(27)29)34-26(18-6-4-5-17(9-18)12-30)24-15-37(36-35-24)21-7-8-21/h4-6,9-11,14-15,21,26,34H,7-8,16H2,1-3H3,(H,32,33)/i26D. The Bertz CT molecular complexity index is 1610. The summed E-state index contributed by atoms with van der Waals surface area (Å²) in [6.45, 7) is 6.72. The summed E-state index contributed by atoms with van der Waals surface area (Å²) in [5.74, 6) is -0.594. The Hall–Kier alpha value is -4.50. The third kappa shape index (κ3) is 5.22. The maximum absolute atomic E-state index is 15.4. The number of aromatic nitrogens is 4. The predicted octanol–water partition coefficient (Wildman–Crippen LogP) is 5.70. The van der Waals surface area contributed by atoms with Crippen LogP contribution in [0.25, 0.3) is 10.9 Å². The number of anilines is 2. The second-order valence-electron chi connectivity index (χ2n) is 10.4. The summed E-state index contributed by atoms with van der Waals surface area (Å²) in [5.41, 5.74) is 2.26. The first-order valence-corrected chi connectivity index (χ1v) is 12.1. The van der Waals surface area contributed by atoms with Crippen LogP contribution in [0, 0.1) is 33.9 Å². The second-order valence-corrected chi connectivity index (χ2v) is 10.4. The Kier molecular flexibility index (Phi) is 5.90. The van der Waals surface area contributed by atoms with E-state index >= 15 is 4.39 Å². The fourth-order valence-corrected chi connectivity index (χ4v) is 4.04. The van der Waals surface area contributed by atoms with Gasteiger partial charge in [0.2, 0.25) is 0 Å². The van der Waals surface area contributed by atoms with Crippen LogP contribution in [0.15, 0.2) is 48.8 Å². The van der Waals surface area contributed by atoms with Gasteiger partial charge in [0.05, 0.1) is 42.5 Å². The molecule has 9 heteroatoms. The molecule has 37 heavy (non-hydrogen) atoms. The number of halogens is 1. The molecule has 0 amide bonds. The van der Waals surface area contributed by atoms with Crippen LogP contribution in [0.1, 0.15) is 69.4 Å². The molecule has 2 N–H and O–H groups in total. The Balaban J connectivity index is 1.64. The van der Waals surface area contributed by atoms with E-state index < -0.39 is 11.8 Å². The van der Waals surface area contributed by atoms with Crippen molar-refractivity contribution in [3.05, 3.63) is 77.0 Å². The lowest BCUT2D eigenvalue weighted by Crippen LogP contribution is -2.20. The zero-order valence-corrected chi connectivity index (χ0v) is 20.9. The van der Waals surface area contributed by atoms with Crippen LogP contribution in [0.2, 0.25) is 0 Å². The SMILES string of the molecule is [2H]C(Nc1cc(F)c2ncc(C#N)c(NCC(C)(C)C)c2c1)(c1cccc(C#N)c1)c1cn(C2CC2)nn1. The highest BCUT2D eigenvalue weighted by Crippen LogP contribution is 2.36. The van der Waals surface area contributed by atoms with Crippen LogP contribution in [-0.2, 0) is 0 Å². The van der Waals surface area contributed by atoms with Crippen LogP contribution in [0.5, 0.6) is 0 Å². The molecule has 2 heterocycles. The summed E-state index contributed by atoms with van der Waals surface area (Å²) in [7, 11) is 0. The number of fused-ring (bicyclic) bond motifs is 1. The average Bonchev–Trinajstić information content (AvgIpc) is 3.62. The normalized spacial score (nSPS) is 15.4. The van der Waals surface area contributed by atoms with Gasteiger partial charge in [-0.15, -0.1) is 5.10 Å². The minimum absolute atomic E-state index is 0.0911. The van der Waals surface area contributed by atoms with Crippen molar-refractivity contribution in [1.82, 2.24) is 20.0 Å². The fraction of sp³-hybridized carbons (Fsp3) is 0.321. The molecule has 1 aliphatic rings. The van der Waals surface area contributed by atoms with Gasteiger partial charge in [-0.1, -0.05) is 38.1 Å². The summed E-state index contributed by atoms with van der Waals surface area (Å²) < 4.78 is 26.7. The molecule has 2 aromatic heterocycles. The van der Waals surface area contributed by atoms with Crippen molar-refractivity contribution >= 4 is 22.3 Å². The molecule has 2 aromatic carbocycles. The van der Waals surface area contributed by atoms with Crippen LogP contribution in [0.3, 0.4) is 0 Å². The zero-order chi connectivity index (χ0) is 27.1. The third-order valence-electron chi connectivity index (χ3n) is 6.08. The van der Waals surface area contributed by atoms with Gasteiger partial charge in [0.15, 0.2) is 5.82 Å². The predicted molar refractivity (Wildman–Crippen MR) is 139 cm³/mol. The Morgan fingerprint density at radius 3 is 2.73 bits per heavy atom. The van der Waals surface area contributed by atoms with Gasteiger partial charge in [-0.25, -0.2) is 9.07 Å². The number of benzene rings is 2. The smallest absolute Gasteiger partial charge is 0.151 e. The lowest BCUT2D eigenvalue weighted by atomic mass is 9.96. The molecule has 0 saturated heterocycles. The minimum Gasteiger partial charge on any atom is -0.383 e. The van der Waals surface area contributed by atoms with Gasteiger partial charge in [0, 0.05) is 23.8 Å². The van der Waals surface area contributed by atoms with Crippen LogP contribution in [0.4, 0.5) is 15.8 Å². The summed E-state index contributed by atoms with van der Waals surface area (Å²) in [6.07, 6.45) is 5.08. The van der Waals surface area contributed by atoms with E-state index in [9.17, 15) is 11.9 Å². The molecule has 186 valence electrons. The lowest BCUT2D eigenvalue weighted by Gasteiger charge is -2.22. The average molecular weight is 496 g/mol. The highest BCUT2D eigenvalue weighted by Gasteiger charge is 2.27. The van der Waals surface area contributed by atoms with Gasteiger partial charge in [0.25, 0.3) is 0 Å². The summed E-state index contributed by atoms with van der Waals surface area (Å²) in [5, 5.41) is 34.5. The first-order chi connectivity index (χ1) is 18.1. The van der Waals surface area contributed by atoms with E-state index in [1.165, 1.54) is 12.3 Å². The van der Waals surface area contributed by atoms with Crippen molar-refractivity contribution in [2.75, 3.05) is 17.2 Å². The summed E-state index contributed by atoms with van der Waals surface area (Å²) >= 11 is 0. The van der Waals surface area contributed by atoms with Crippen molar-refractivity contribution in [1.29, 1.82) is 10.5 Å². The van der Waals surface area contributed by atoms with E-state index in [1.54, 1.807) is 41.2 Å². The molecule has 1 aliphatic carbocycles. The highest BCUT2D eigenvalue weighted by molar-refractivity contribution is 5.96. The van der Waals surface area contributed by atoms with E-state index in [1.807, 2.05) is 0 Å². The first-order valence-electron chi connectivity index (χ1n) is 12.6. The van der Waals surface area contributed by atoms with Crippen molar-refractivity contribution in [3.8, 4) is 12.1 Å². The van der Waals surface area contributed by atoms with Gasteiger partial charge in [-0.3, -0.25) is 4.98 Å². The molecule has 4 aromatic rings. The molecule has 8 nitrogen and oxygen atoms in total. The van der Waals surface area contributed by atoms with Gasteiger partial charge in [0.1, 0.15) is 17.3 Å². The number of hydrogen-bond acceptors (Lipinski definition) is 7. The third-order valence-corrected chi connectivity index (χ3v) is 6.08. The van der Waals surface area contributed by atoms with E-state index in [4.69, 9.17) is 0 Å². The fourth-order valence-electron chi connectivity index (χ4n) is 4.04. The van der Waals surface area contributed by atoms with Gasteiger partial charge >= 0.3 is 0 Å². The lowest BCUT2D eigenvalue weighted by molar-refractivity contribution is 0.443. The van der Waals surface area contributed by atoms with Crippen LogP contribution < -0.4 is 10.6 Å². The Labute approximate surface area is 216 Å². The molecule has 0 radical (unpaired) electrons. The van der Waals surface area contributed by atoms with Crippen molar-refractivity contribution < 1.29 is 5.76 Å². The molecule has 0 spiro atoms. The number of pyridine rings is 1. The molecule has 1 fully saturated rings. The van der Waals surface area contributed by atoms with Gasteiger partial charge in [-0.05, 0) is 48.1 Å². The van der Waals surface area contributed by atoms with E-state index in [2.05, 4.69) is 58.8 Å². The molecule has 1 saturated carbocycles. The zero-order valence-electron chi connectivity index (χ0n) is 21.9. The molecule has 0 bridgehead atoms. The van der Waals surface area contributed by atoms with E-state index in [-0.39, 0.29) is 17.0 Å². The highest BCUT2D eigenvalue weighted by atomic mass is 19.1. The number of nitriles is 2. The van der Waals surface area contributed by atoms with Gasteiger partial charge < -0.3 is 10.6 Å². The van der Waals surface area contributed by atoms with Crippen LogP contribution >= 0.6 is 0 Å². The Morgan fingerprint density at radius 1 is 1.22 bits per heavy atom. The molecular weight excluding hydrogens is 467 g/mol. The minimum atomic E-state index is -1.68. The second kappa shape index (κ2) is 9.51. The molecule has 1 atom stereocenters. The number of rotatable bonds is 7. The molecule has 1 unspecified atom stereocenters. The largest absolute Gasteiger partial charge is 0.383 e. The quantitative estimate of drug-likeness (QED) is 0.338.